The van der Waals surface area contributed by atoms with E-state index in [2.05, 4.69) is 0 Å². The van der Waals surface area contributed by atoms with Crippen molar-refractivity contribution < 1.29 is 23.7 Å². The second-order valence-corrected chi connectivity index (χ2v) is 5.31. The maximum atomic E-state index is 12.2. The van der Waals surface area contributed by atoms with Crippen LogP contribution in [0.15, 0.2) is 40.8 Å². The number of esters is 1. The number of nitro groups is 1. The van der Waals surface area contributed by atoms with Crippen molar-refractivity contribution in [2.24, 2.45) is 0 Å². The maximum Gasteiger partial charge on any atom is 0.433 e. The fourth-order valence-corrected chi connectivity index (χ4v) is 2.53. The van der Waals surface area contributed by atoms with Crippen LogP contribution in [0.25, 0.3) is 0 Å². The van der Waals surface area contributed by atoms with Gasteiger partial charge in [-0.15, -0.1) is 0 Å². The Morgan fingerprint density at radius 3 is 2.67 bits per heavy atom. The topological polar surface area (TPSA) is 103 Å². The van der Waals surface area contributed by atoms with Crippen LogP contribution in [0.3, 0.4) is 0 Å². The van der Waals surface area contributed by atoms with E-state index in [-0.39, 0.29) is 11.7 Å². The molecular formula is C16H14N2O6. The molecular weight excluding hydrogens is 316 g/mol. The molecule has 0 spiro atoms. The van der Waals surface area contributed by atoms with Gasteiger partial charge in [-0.3, -0.25) is 14.9 Å². The summed E-state index contributed by atoms with van der Waals surface area (Å²) >= 11 is 0. The van der Waals surface area contributed by atoms with Crippen LogP contribution in [-0.4, -0.2) is 34.9 Å². The Balaban J connectivity index is 1.56. The van der Waals surface area contributed by atoms with Gasteiger partial charge in [0.15, 0.2) is 6.61 Å². The van der Waals surface area contributed by atoms with E-state index in [0.29, 0.717) is 13.1 Å². The molecule has 1 amide bonds. The molecule has 1 aromatic heterocycles. The van der Waals surface area contributed by atoms with Crippen LogP contribution in [0.1, 0.15) is 21.7 Å². The third-order valence-corrected chi connectivity index (χ3v) is 3.78. The molecule has 0 atom stereocenters. The fourth-order valence-electron chi connectivity index (χ4n) is 2.53. The minimum Gasteiger partial charge on any atom is -0.450 e. The Morgan fingerprint density at radius 1 is 1.21 bits per heavy atom. The molecule has 3 rings (SSSR count). The molecule has 1 aliphatic heterocycles. The molecule has 0 radical (unpaired) electrons. The van der Waals surface area contributed by atoms with Gasteiger partial charge < -0.3 is 14.1 Å². The number of hydrogen-bond donors (Lipinski definition) is 0. The van der Waals surface area contributed by atoms with E-state index in [1.54, 1.807) is 4.90 Å². The molecule has 2 aromatic rings. The minimum atomic E-state index is -0.908. The molecule has 8 nitrogen and oxygen atoms in total. The standard InChI is InChI=1S/C16H14N2O6/c19-14(17-8-7-11-3-1-2-4-12(11)9-17)10-23-16(20)13-5-6-15(24-13)18(21)22/h1-6H,7-10H2. The summed E-state index contributed by atoms with van der Waals surface area (Å²) in [6, 6.07) is 10.1. The second-order valence-electron chi connectivity index (χ2n) is 5.31. The number of furan rings is 1. The van der Waals surface area contributed by atoms with Gasteiger partial charge in [-0.05, 0) is 23.6 Å². The van der Waals surface area contributed by atoms with Crippen molar-refractivity contribution in [3.63, 3.8) is 0 Å². The molecule has 0 saturated carbocycles. The smallest absolute Gasteiger partial charge is 0.433 e. The van der Waals surface area contributed by atoms with Crippen molar-refractivity contribution in [2.75, 3.05) is 13.2 Å². The van der Waals surface area contributed by atoms with E-state index in [9.17, 15) is 19.7 Å². The van der Waals surface area contributed by atoms with E-state index in [4.69, 9.17) is 9.15 Å². The second kappa shape index (κ2) is 6.53. The first-order valence-electron chi connectivity index (χ1n) is 7.30. The zero-order chi connectivity index (χ0) is 17.1. The molecule has 124 valence electrons. The first-order chi connectivity index (χ1) is 11.5. The fraction of sp³-hybridized carbons (Fsp3) is 0.250. The van der Waals surface area contributed by atoms with Gasteiger partial charge in [-0.1, -0.05) is 24.3 Å². The Labute approximate surface area is 136 Å². The number of carbonyl (C=O) groups excluding carboxylic acids is 2. The lowest BCUT2D eigenvalue weighted by Crippen LogP contribution is -2.38. The lowest BCUT2D eigenvalue weighted by Gasteiger charge is -2.28. The summed E-state index contributed by atoms with van der Waals surface area (Å²) in [4.78, 5) is 35.3. The van der Waals surface area contributed by atoms with Crippen LogP contribution in [0.4, 0.5) is 5.88 Å². The van der Waals surface area contributed by atoms with Crippen LogP contribution >= 0.6 is 0 Å². The quantitative estimate of drug-likeness (QED) is 0.482. The number of amides is 1. The highest BCUT2D eigenvalue weighted by atomic mass is 16.7. The number of benzene rings is 1. The molecule has 0 saturated heterocycles. The maximum absolute atomic E-state index is 12.2. The van der Waals surface area contributed by atoms with Gasteiger partial charge >= 0.3 is 11.9 Å². The summed E-state index contributed by atoms with van der Waals surface area (Å²) in [5.41, 5.74) is 2.28. The molecule has 8 heteroatoms. The lowest BCUT2D eigenvalue weighted by molar-refractivity contribution is -0.402. The Bertz CT molecular complexity index is 797. The number of carbonyl (C=O) groups is 2. The zero-order valence-electron chi connectivity index (χ0n) is 12.6. The number of rotatable bonds is 4. The van der Waals surface area contributed by atoms with Crippen LogP contribution in [0.2, 0.25) is 0 Å². The summed E-state index contributed by atoms with van der Waals surface area (Å²) in [6.07, 6.45) is 0.750. The van der Waals surface area contributed by atoms with Gasteiger partial charge in [0, 0.05) is 13.1 Å². The Kier molecular flexibility index (Phi) is 4.28. The van der Waals surface area contributed by atoms with Crippen molar-refractivity contribution in [1.82, 2.24) is 4.90 Å². The number of fused-ring (bicyclic) bond motifs is 1. The molecule has 0 unspecified atom stereocenters. The predicted octanol–water partition coefficient (Wildman–Crippen LogP) is 1.93. The number of hydrogen-bond acceptors (Lipinski definition) is 6. The largest absolute Gasteiger partial charge is 0.450 e. The molecule has 1 aromatic carbocycles. The van der Waals surface area contributed by atoms with Gasteiger partial charge in [0.1, 0.15) is 4.92 Å². The average Bonchev–Trinajstić information content (AvgIpc) is 3.09. The van der Waals surface area contributed by atoms with Crippen molar-refractivity contribution in [3.8, 4) is 0 Å². The SMILES string of the molecule is O=C(OCC(=O)N1CCc2ccccc2C1)c1ccc([N+](=O)[O-])o1. The van der Waals surface area contributed by atoms with Gasteiger partial charge in [0.25, 0.3) is 5.91 Å². The molecule has 1 aliphatic rings. The van der Waals surface area contributed by atoms with Crippen molar-refractivity contribution in [2.45, 2.75) is 13.0 Å². The monoisotopic (exact) mass is 330 g/mol. The van der Waals surface area contributed by atoms with Gasteiger partial charge in [-0.2, -0.15) is 0 Å². The van der Waals surface area contributed by atoms with Crippen molar-refractivity contribution in [3.05, 3.63) is 63.4 Å². The highest BCUT2D eigenvalue weighted by molar-refractivity contribution is 5.89. The van der Waals surface area contributed by atoms with E-state index < -0.39 is 23.4 Å². The van der Waals surface area contributed by atoms with Crippen LogP contribution in [-0.2, 0) is 22.5 Å². The molecule has 0 fully saturated rings. The highest BCUT2D eigenvalue weighted by Crippen LogP contribution is 2.19. The molecule has 0 N–H and O–H groups in total. The van der Waals surface area contributed by atoms with Crippen LogP contribution in [0.5, 0.6) is 0 Å². The molecule has 0 bridgehead atoms. The first-order valence-corrected chi connectivity index (χ1v) is 7.30. The van der Waals surface area contributed by atoms with E-state index in [0.717, 1.165) is 24.1 Å². The molecule has 0 aliphatic carbocycles. The van der Waals surface area contributed by atoms with E-state index in [1.807, 2.05) is 24.3 Å². The molecule has 24 heavy (non-hydrogen) atoms. The summed E-state index contributed by atoms with van der Waals surface area (Å²) in [5, 5.41) is 10.5. The predicted molar refractivity (Wildman–Crippen MR) is 81.2 cm³/mol. The third-order valence-electron chi connectivity index (χ3n) is 3.78. The Hall–Kier alpha value is -3.16. The number of nitrogens with zero attached hydrogens (tertiary/aromatic N) is 2. The summed E-state index contributed by atoms with van der Waals surface area (Å²) in [5.74, 6) is -2.09. The Morgan fingerprint density at radius 2 is 1.96 bits per heavy atom. The van der Waals surface area contributed by atoms with Gasteiger partial charge in [0.2, 0.25) is 5.76 Å². The summed E-state index contributed by atoms with van der Waals surface area (Å²) in [7, 11) is 0. The third kappa shape index (κ3) is 3.27. The summed E-state index contributed by atoms with van der Waals surface area (Å²) in [6.45, 7) is 0.591. The normalized spacial score (nSPS) is 13.2. The average molecular weight is 330 g/mol. The van der Waals surface area contributed by atoms with E-state index in [1.165, 1.54) is 5.56 Å². The van der Waals surface area contributed by atoms with Crippen molar-refractivity contribution >= 4 is 17.8 Å². The van der Waals surface area contributed by atoms with Crippen LogP contribution < -0.4 is 0 Å². The van der Waals surface area contributed by atoms with E-state index >= 15 is 0 Å². The minimum absolute atomic E-state index is 0.307. The highest BCUT2D eigenvalue weighted by Gasteiger charge is 2.23. The number of ether oxygens (including phenoxy) is 1. The van der Waals surface area contributed by atoms with Crippen molar-refractivity contribution in [1.29, 1.82) is 0 Å². The van der Waals surface area contributed by atoms with Gasteiger partial charge in [-0.25, -0.2) is 4.79 Å². The summed E-state index contributed by atoms with van der Waals surface area (Å²) < 4.78 is 9.61. The van der Waals surface area contributed by atoms with Crippen LogP contribution in [0, 0.1) is 10.1 Å². The zero-order valence-corrected chi connectivity index (χ0v) is 12.6. The first kappa shape index (κ1) is 15.7. The lowest BCUT2D eigenvalue weighted by atomic mass is 10.00. The van der Waals surface area contributed by atoms with Gasteiger partial charge in [0.05, 0.1) is 6.07 Å². The molecule has 2 heterocycles.